The van der Waals surface area contributed by atoms with E-state index in [0.717, 1.165) is 12.8 Å². The average Bonchev–Trinajstić information content (AvgIpc) is 2.12. The number of rotatable bonds is 3. The molecule has 0 aromatic heterocycles. The molecular formula is C11H25NO2Si2. The van der Waals surface area contributed by atoms with E-state index >= 15 is 0 Å². The number of carbonyl (C=O) groups is 1. The maximum absolute atomic E-state index is 11.4. The normalized spacial score (nSPS) is 29.7. The van der Waals surface area contributed by atoms with Gasteiger partial charge in [-0.25, -0.2) is 0 Å². The lowest BCUT2D eigenvalue weighted by Gasteiger charge is -2.47. The molecule has 1 aliphatic rings. The fourth-order valence-electron chi connectivity index (χ4n) is 2.33. The lowest BCUT2D eigenvalue weighted by Crippen LogP contribution is -2.63. The van der Waals surface area contributed by atoms with E-state index in [1.807, 2.05) is 6.92 Å². The highest BCUT2D eigenvalue weighted by molar-refractivity contribution is 7.38. The standard InChI is InChI=1S/C11H25NO2Si2/c1-6-9(11(12)13)10-7-8-15(2,3)16(4,5)14-10/h9-10H,6-8H2,1-5H3,(H2,12,13). The molecule has 0 aromatic carbocycles. The van der Waals surface area contributed by atoms with Crippen molar-refractivity contribution in [3.05, 3.63) is 0 Å². The van der Waals surface area contributed by atoms with Gasteiger partial charge >= 0.3 is 0 Å². The lowest BCUT2D eigenvalue weighted by atomic mass is 9.97. The summed E-state index contributed by atoms with van der Waals surface area (Å²) in [5.41, 5.74) is 5.44. The van der Waals surface area contributed by atoms with E-state index in [4.69, 9.17) is 10.2 Å². The van der Waals surface area contributed by atoms with Gasteiger partial charge in [0.25, 0.3) is 0 Å². The van der Waals surface area contributed by atoms with Crippen LogP contribution in [0.4, 0.5) is 0 Å². The van der Waals surface area contributed by atoms with Gasteiger partial charge in [0.2, 0.25) is 5.91 Å². The van der Waals surface area contributed by atoms with Gasteiger partial charge in [-0.2, -0.15) is 0 Å². The topological polar surface area (TPSA) is 52.3 Å². The summed E-state index contributed by atoms with van der Waals surface area (Å²) in [5.74, 6) is -0.282. The monoisotopic (exact) mass is 259 g/mol. The van der Waals surface area contributed by atoms with Gasteiger partial charge in [0.1, 0.15) is 0 Å². The SMILES string of the molecule is CCC(C(N)=O)C1CC[Si](C)(C)[Si](C)(C)O1. The van der Waals surface area contributed by atoms with E-state index in [0.29, 0.717) is 0 Å². The van der Waals surface area contributed by atoms with Crippen LogP contribution in [0.3, 0.4) is 0 Å². The van der Waals surface area contributed by atoms with E-state index in [-0.39, 0.29) is 17.9 Å². The quantitative estimate of drug-likeness (QED) is 0.791. The maximum Gasteiger partial charge on any atom is 0.223 e. The van der Waals surface area contributed by atoms with E-state index in [9.17, 15) is 4.79 Å². The minimum Gasteiger partial charge on any atom is -0.416 e. The summed E-state index contributed by atoms with van der Waals surface area (Å²) >= 11 is 0. The fourth-order valence-corrected chi connectivity index (χ4v) is 8.95. The van der Waals surface area contributed by atoms with Gasteiger partial charge in [0.15, 0.2) is 7.83 Å². The highest BCUT2D eigenvalue weighted by Gasteiger charge is 2.49. The van der Waals surface area contributed by atoms with Crippen molar-refractivity contribution in [2.75, 3.05) is 0 Å². The Labute approximate surface area is 101 Å². The zero-order valence-corrected chi connectivity index (χ0v) is 13.2. The highest BCUT2D eigenvalue weighted by atomic mass is 29.3. The molecule has 5 heteroatoms. The van der Waals surface area contributed by atoms with E-state index < -0.39 is 15.4 Å². The summed E-state index contributed by atoms with van der Waals surface area (Å²) in [5, 5.41) is 0. The van der Waals surface area contributed by atoms with E-state index in [2.05, 4.69) is 26.2 Å². The number of amides is 1. The third-order valence-corrected chi connectivity index (χ3v) is 21.0. The minimum absolute atomic E-state index is 0.0862. The smallest absolute Gasteiger partial charge is 0.223 e. The molecule has 0 saturated carbocycles. The molecule has 0 bridgehead atoms. The lowest BCUT2D eigenvalue weighted by molar-refractivity contribution is -0.125. The molecule has 1 aliphatic heterocycles. The molecule has 1 saturated heterocycles. The molecule has 0 radical (unpaired) electrons. The zero-order valence-electron chi connectivity index (χ0n) is 11.2. The molecule has 2 unspecified atom stereocenters. The van der Waals surface area contributed by atoms with Crippen LogP contribution in [-0.2, 0) is 9.22 Å². The van der Waals surface area contributed by atoms with Gasteiger partial charge in [0, 0.05) is 0 Å². The third kappa shape index (κ3) is 2.57. The van der Waals surface area contributed by atoms with E-state index in [1.54, 1.807) is 0 Å². The maximum atomic E-state index is 11.4. The van der Waals surface area contributed by atoms with Gasteiger partial charge in [0.05, 0.1) is 19.6 Å². The van der Waals surface area contributed by atoms with Crippen LogP contribution in [0.2, 0.25) is 32.2 Å². The zero-order chi connectivity index (χ0) is 12.6. The first-order valence-electron chi connectivity index (χ1n) is 6.18. The van der Waals surface area contributed by atoms with Gasteiger partial charge in [-0.1, -0.05) is 26.1 Å². The second-order valence-electron chi connectivity index (χ2n) is 6.01. The fraction of sp³-hybridized carbons (Fsp3) is 0.909. The second kappa shape index (κ2) is 4.62. The summed E-state index contributed by atoms with van der Waals surface area (Å²) in [6.45, 7) is 11.5. The highest BCUT2D eigenvalue weighted by Crippen LogP contribution is 2.36. The third-order valence-electron chi connectivity index (χ3n) is 4.38. The molecule has 0 aromatic rings. The predicted octanol–water partition coefficient (Wildman–Crippen LogP) is 2.28. The van der Waals surface area contributed by atoms with Crippen molar-refractivity contribution in [3.8, 4) is 0 Å². The number of hydrogen-bond acceptors (Lipinski definition) is 2. The Balaban J connectivity index is 2.79. The van der Waals surface area contributed by atoms with Crippen LogP contribution in [0, 0.1) is 5.92 Å². The number of hydrogen-bond donors (Lipinski definition) is 1. The average molecular weight is 259 g/mol. The summed E-state index contributed by atoms with van der Waals surface area (Å²) in [4.78, 5) is 11.4. The van der Waals surface area contributed by atoms with Crippen LogP contribution >= 0.6 is 0 Å². The van der Waals surface area contributed by atoms with Crippen molar-refractivity contribution in [2.45, 2.75) is 58.1 Å². The van der Waals surface area contributed by atoms with Crippen LogP contribution in [0.15, 0.2) is 0 Å². The molecule has 1 heterocycles. The molecule has 0 spiro atoms. The van der Waals surface area contributed by atoms with Gasteiger partial charge in [-0.3, -0.25) is 4.79 Å². The van der Waals surface area contributed by atoms with Crippen LogP contribution in [0.1, 0.15) is 19.8 Å². The van der Waals surface area contributed by atoms with E-state index in [1.165, 1.54) is 6.04 Å². The van der Waals surface area contributed by atoms with Crippen molar-refractivity contribution in [3.63, 3.8) is 0 Å². The molecule has 2 N–H and O–H groups in total. The van der Waals surface area contributed by atoms with Crippen molar-refractivity contribution in [2.24, 2.45) is 11.7 Å². The predicted molar refractivity (Wildman–Crippen MR) is 72.2 cm³/mol. The molecule has 16 heavy (non-hydrogen) atoms. The number of primary amides is 1. The number of nitrogens with two attached hydrogens (primary N) is 1. The molecule has 1 amide bonds. The first-order valence-corrected chi connectivity index (χ1v) is 13.3. The van der Waals surface area contributed by atoms with Gasteiger partial charge in [-0.05, 0) is 25.9 Å². The Morgan fingerprint density at radius 1 is 1.44 bits per heavy atom. The van der Waals surface area contributed by atoms with Gasteiger partial charge < -0.3 is 10.2 Å². The Hall–Kier alpha value is -0.136. The van der Waals surface area contributed by atoms with Crippen molar-refractivity contribution >= 4 is 21.3 Å². The Kier molecular flexibility index (Phi) is 4.02. The van der Waals surface area contributed by atoms with Crippen molar-refractivity contribution in [1.82, 2.24) is 0 Å². The Morgan fingerprint density at radius 2 is 2.00 bits per heavy atom. The molecule has 1 rings (SSSR count). The van der Waals surface area contributed by atoms with Crippen LogP contribution < -0.4 is 5.73 Å². The van der Waals surface area contributed by atoms with Crippen LogP contribution in [0.25, 0.3) is 0 Å². The molecule has 94 valence electrons. The van der Waals surface area contributed by atoms with Gasteiger partial charge in [-0.15, -0.1) is 0 Å². The Morgan fingerprint density at radius 3 is 2.38 bits per heavy atom. The summed E-state index contributed by atoms with van der Waals surface area (Å²) in [6, 6.07) is 1.28. The molecule has 1 fully saturated rings. The summed E-state index contributed by atoms with van der Waals surface area (Å²) < 4.78 is 6.30. The second-order valence-corrected chi connectivity index (χ2v) is 21.2. The molecular weight excluding hydrogens is 234 g/mol. The van der Waals surface area contributed by atoms with Crippen molar-refractivity contribution in [1.29, 1.82) is 0 Å². The Bertz CT molecular complexity index is 279. The first-order chi connectivity index (χ1) is 7.21. The number of carbonyl (C=O) groups excluding carboxylic acids is 1. The van der Waals surface area contributed by atoms with Crippen LogP contribution in [0.5, 0.6) is 0 Å². The molecule has 2 atom stereocenters. The summed E-state index contributed by atoms with van der Waals surface area (Å²) in [6.07, 6.45) is 1.91. The summed E-state index contributed by atoms with van der Waals surface area (Å²) in [7, 11) is -2.76. The minimum atomic E-state index is -1.57. The molecule has 0 aliphatic carbocycles. The van der Waals surface area contributed by atoms with Crippen molar-refractivity contribution < 1.29 is 9.22 Å². The molecule has 3 nitrogen and oxygen atoms in total. The largest absolute Gasteiger partial charge is 0.416 e. The van der Waals surface area contributed by atoms with Crippen LogP contribution in [-0.4, -0.2) is 27.4 Å². The first kappa shape index (κ1) is 13.9.